The Labute approximate surface area is 228 Å². The van der Waals surface area contributed by atoms with Crippen molar-refractivity contribution < 1.29 is 13.5 Å². The Morgan fingerprint density at radius 2 is 1.62 bits per heavy atom. The Balaban J connectivity index is 1.37. The number of ether oxygens (including phenoxy) is 1. The summed E-state index contributed by atoms with van der Waals surface area (Å²) in [6.07, 6.45) is 0. The number of rotatable bonds is 7. The molecule has 40 heavy (non-hydrogen) atoms. The van der Waals surface area contributed by atoms with Crippen molar-refractivity contribution in [2.45, 2.75) is 12.6 Å². The number of nitrogens with one attached hydrogen (secondary N) is 1. The summed E-state index contributed by atoms with van der Waals surface area (Å²) in [7, 11) is 1.58. The van der Waals surface area contributed by atoms with E-state index in [0.29, 0.717) is 55.4 Å². The average molecular weight is 544 g/mol. The standard InChI is InChI=1S/C29H27F2N7O2/c1-40-24-11-4-20-16-25(29(39)32-26(20)17-24)27(28-33-34-35-38(28)18-19-2-5-21(30)6-3-19)37-14-12-36(13-15-37)23-9-7-22(31)8-10-23/h2-11,16-17,27H,12-15,18H2,1H3,(H,32,39)/t27-/m1/s1. The van der Waals surface area contributed by atoms with Crippen molar-refractivity contribution in [1.29, 1.82) is 0 Å². The molecule has 0 amide bonds. The van der Waals surface area contributed by atoms with Crippen LogP contribution in [0.25, 0.3) is 10.9 Å². The van der Waals surface area contributed by atoms with Gasteiger partial charge < -0.3 is 14.6 Å². The molecule has 0 bridgehead atoms. The van der Waals surface area contributed by atoms with Crippen LogP contribution in [0.5, 0.6) is 5.75 Å². The SMILES string of the molecule is COc1ccc2cc([C@H](c3nnnn3Cc3ccc(F)cc3)N3CCN(c4ccc(F)cc4)CC3)c(=O)[nH]c2c1. The van der Waals surface area contributed by atoms with Crippen LogP contribution < -0.4 is 15.2 Å². The van der Waals surface area contributed by atoms with Crippen LogP contribution in [0.3, 0.4) is 0 Å². The summed E-state index contributed by atoms with van der Waals surface area (Å²) in [6, 6.07) is 19.5. The molecule has 5 aromatic rings. The zero-order valence-electron chi connectivity index (χ0n) is 21.8. The predicted octanol–water partition coefficient (Wildman–Crippen LogP) is 3.76. The quantitative estimate of drug-likeness (QED) is 0.334. The molecular formula is C29H27F2N7O2. The van der Waals surface area contributed by atoms with Crippen molar-refractivity contribution in [2.24, 2.45) is 0 Å². The van der Waals surface area contributed by atoms with Crippen LogP contribution in [-0.2, 0) is 6.54 Å². The fraction of sp³-hybridized carbons (Fsp3) is 0.241. The molecule has 204 valence electrons. The van der Waals surface area contributed by atoms with Gasteiger partial charge in [-0.25, -0.2) is 13.5 Å². The van der Waals surface area contributed by atoms with E-state index in [1.807, 2.05) is 18.2 Å². The van der Waals surface area contributed by atoms with Gasteiger partial charge in [-0.15, -0.1) is 5.10 Å². The van der Waals surface area contributed by atoms with E-state index in [0.717, 1.165) is 16.6 Å². The van der Waals surface area contributed by atoms with E-state index in [9.17, 15) is 13.6 Å². The minimum atomic E-state index is -0.541. The molecule has 1 saturated heterocycles. The third-order valence-electron chi connectivity index (χ3n) is 7.30. The topological polar surface area (TPSA) is 92.2 Å². The minimum Gasteiger partial charge on any atom is -0.497 e. The lowest BCUT2D eigenvalue weighted by Gasteiger charge is -2.39. The number of pyridine rings is 1. The smallest absolute Gasteiger partial charge is 0.253 e. The maximum Gasteiger partial charge on any atom is 0.253 e. The van der Waals surface area contributed by atoms with Crippen LogP contribution >= 0.6 is 0 Å². The molecule has 1 N–H and O–H groups in total. The highest BCUT2D eigenvalue weighted by Crippen LogP contribution is 2.30. The number of methoxy groups -OCH3 is 1. The zero-order chi connectivity index (χ0) is 27.6. The molecule has 0 spiro atoms. The molecular weight excluding hydrogens is 516 g/mol. The van der Waals surface area contributed by atoms with Gasteiger partial charge in [-0.3, -0.25) is 9.69 Å². The largest absolute Gasteiger partial charge is 0.497 e. The number of halogens is 2. The third-order valence-corrected chi connectivity index (χ3v) is 7.30. The van der Waals surface area contributed by atoms with Crippen LogP contribution in [-0.4, -0.2) is 63.4 Å². The number of nitrogens with zero attached hydrogens (tertiary/aromatic N) is 6. The van der Waals surface area contributed by atoms with Crippen molar-refractivity contribution in [3.8, 4) is 5.75 Å². The van der Waals surface area contributed by atoms with Gasteiger partial charge >= 0.3 is 0 Å². The average Bonchev–Trinajstić information content (AvgIpc) is 3.42. The number of H-pyrrole nitrogens is 1. The van der Waals surface area contributed by atoms with E-state index in [4.69, 9.17) is 4.74 Å². The second kappa shape index (κ2) is 10.9. The Hall–Kier alpha value is -4.64. The second-order valence-electron chi connectivity index (χ2n) is 9.73. The Morgan fingerprint density at radius 3 is 2.33 bits per heavy atom. The van der Waals surface area contributed by atoms with Gasteiger partial charge in [0.2, 0.25) is 0 Å². The highest BCUT2D eigenvalue weighted by Gasteiger charge is 2.33. The summed E-state index contributed by atoms with van der Waals surface area (Å²) < 4.78 is 33.9. The third kappa shape index (κ3) is 5.15. The van der Waals surface area contributed by atoms with E-state index in [-0.39, 0.29) is 17.2 Å². The molecule has 0 unspecified atom stereocenters. The van der Waals surface area contributed by atoms with E-state index in [2.05, 4.69) is 30.3 Å². The molecule has 0 radical (unpaired) electrons. The van der Waals surface area contributed by atoms with Crippen LogP contribution in [0.15, 0.2) is 77.6 Å². The van der Waals surface area contributed by atoms with Crippen LogP contribution in [0.4, 0.5) is 14.5 Å². The molecule has 1 aliphatic heterocycles. The summed E-state index contributed by atoms with van der Waals surface area (Å²) in [4.78, 5) is 20.9. The van der Waals surface area contributed by atoms with E-state index >= 15 is 0 Å². The molecule has 6 rings (SSSR count). The number of anilines is 1. The minimum absolute atomic E-state index is 0.247. The monoisotopic (exact) mass is 543 g/mol. The molecule has 1 aliphatic rings. The Kier molecular flexibility index (Phi) is 6.95. The van der Waals surface area contributed by atoms with Gasteiger partial charge in [0.1, 0.15) is 23.4 Å². The lowest BCUT2D eigenvalue weighted by atomic mass is 10.0. The van der Waals surface area contributed by atoms with Crippen molar-refractivity contribution >= 4 is 16.6 Å². The number of benzene rings is 3. The molecule has 9 nitrogen and oxygen atoms in total. The molecule has 11 heteroatoms. The fourth-order valence-corrected chi connectivity index (χ4v) is 5.20. The van der Waals surface area contributed by atoms with Crippen molar-refractivity contribution in [2.75, 3.05) is 38.2 Å². The molecule has 3 aromatic carbocycles. The van der Waals surface area contributed by atoms with E-state index < -0.39 is 6.04 Å². The number of hydrogen-bond acceptors (Lipinski definition) is 7. The maximum absolute atomic E-state index is 13.5. The molecule has 1 fully saturated rings. The second-order valence-corrected chi connectivity index (χ2v) is 9.73. The van der Waals surface area contributed by atoms with Gasteiger partial charge in [-0.1, -0.05) is 12.1 Å². The normalized spacial score (nSPS) is 14.9. The summed E-state index contributed by atoms with van der Waals surface area (Å²) >= 11 is 0. The van der Waals surface area contributed by atoms with Crippen molar-refractivity contribution in [3.05, 3.63) is 112 Å². The number of tetrazole rings is 1. The van der Waals surface area contributed by atoms with Crippen molar-refractivity contribution in [1.82, 2.24) is 30.1 Å². The van der Waals surface area contributed by atoms with Crippen LogP contribution in [0.2, 0.25) is 0 Å². The zero-order valence-corrected chi connectivity index (χ0v) is 21.8. The summed E-state index contributed by atoms with van der Waals surface area (Å²) in [5.41, 5.74) is 2.70. The maximum atomic E-state index is 13.5. The molecule has 2 aromatic heterocycles. The summed E-state index contributed by atoms with van der Waals surface area (Å²) in [6.45, 7) is 2.89. The van der Waals surface area contributed by atoms with Gasteiger partial charge in [0.15, 0.2) is 5.82 Å². The van der Waals surface area contributed by atoms with Gasteiger partial charge in [-0.05, 0) is 76.0 Å². The number of piperazine rings is 1. The number of aromatic amines is 1. The van der Waals surface area contributed by atoms with E-state index in [1.165, 1.54) is 24.3 Å². The Morgan fingerprint density at radius 1 is 0.925 bits per heavy atom. The molecule has 1 atom stereocenters. The lowest BCUT2D eigenvalue weighted by molar-refractivity contribution is 0.200. The van der Waals surface area contributed by atoms with Crippen molar-refractivity contribution in [3.63, 3.8) is 0 Å². The summed E-state index contributed by atoms with van der Waals surface area (Å²) in [5, 5.41) is 13.4. The first kappa shape index (κ1) is 25.6. The molecule has 0 saturated carbocycles. The first-order valence-electron chi connectivity index (χ1n) is 12.9. The first-order valence-corrected chi connectivity index (χ1v) is 12.9. The molecule has 3 heterocycles. The molecule has 0 aliphatic carbocycles. The number of fused-ring (bicyclic) bond motifs is 1. The van der Waals surface area contributed by atoms with Crippen LogP contribution in [0.1, 0.15) is 23.0 Å². The van der Waals surface area contributed by atoms with Crippen LogP contribution in [0, 0.1) is 11.6 Å². The lowest BCUT2D eigenvalue weighted by Crippen LogP contribution is -2.49. The highest BCUT2D eigenvalue weighted by molar-refractivity contribution is 5.80. The predicted molar refractivity (Wildman–Crippen MR) is 146 cm³/mol. The highest BCUT2D eigenvalue weighted by atomic mass is 19.1. The van der Waals surface area contributed by atoms with Gasteiger partial charge in [0.25, 0.3) is 5.56 Å². The fourth-order valence-electron chi connectivity index (χ4n) is 5.20. The van der Waals surface area contributed by atoms with Gasteiger partial charge in [0.05, 0.1) is 19.2 Å². The van der Waals surface area contributed by atoms with E-state index in [1.54, 1.807) is 42.1 Å². The van der Waals surface area contributed by atoms with Gasteiger partial charge in [0, 0.05) is 43.5 Å². The number of hydrogen-bond donors (Lipinski definition) is 1. The van der Waals surface area contributed by atoms with Gasteiger partial charge in [-0.2, -0.15) is 0 Å². The summed E-state index contributed by atoms with van der Waals surface area (Å²) in [5.74, 6) is 0.561. The number of aromatic nitrogens is 5. The first-order chi connectivity index (χ1) is 19.5. The Bertz CT molecular complexity index is 1680.